The number of hydrogen-bond acceptors (Lipinski definition) is 2. The Morgan fingerprint density at radius 2 is 2.33 bits per heavy atom. The number of aliphatic hydroxyl groups excluding tert-OH is 1. The summed E-state index contributed by atoms with van der Waals surface area (Å²) in [6, 6.07) is 0. The molecular weight excluding hydrogens is 132 g/mol. The lowest BCUT2D eigenvalue weighted by Crippen LogP contribution is -1.89. The van der Waals surface area contributed by atoms with Gasteiger partial charge in [-0.05, 0) is 6.42 Å². The van der Waals surface area contributed by atoms with Gasteiger partial charge in [0.1, 0.15) is 0 Å². The average molecular weight is 146 g/mol. The number of thioether (sulfide) groups is 1. The minimum atomic E-state index is 0.279. The molecule has 0 radical (unpaired) electrons. The van der Waals surface area contributed by atoms with Gasteiger partial charge in [-0.3, -0.25) is 0 Å². The lowest BCUT2D eigenvalue weighted by Gasteiger charge is -1.98. The lowest BCUT2D eigenvalue weighted by molar-refractivity contribution is 0.322. The van der Waals surface area contributed by atoms with Gasteiger partial charge in [-0.2, -0.15) is 11.8 Å². The van der Waals surface area contributed by atoms with Gasteiger partial charge in [0.2, 0.25) is 0 Å². The van der Waals surface area contributed by atoms with Crippen LogP contribution in [0.2, 0.25) is 0 Å². The number of hydrogen-bond donors (Lipinski definition) is 1. The van der Waals surface area contributed by atoms with Crippen molar-refractivity contribution in [3.63, 3.8) is 0 Å². The molecule has 0 aliphatic carbocycles. The Morgan fingerprint density at radius 3 is 2.78 bits per heavy atom. The summed E-state index contributed by atoms with van der Waals surface area (Å²) < 4.78 is 0. The summed E-state index contributed by atoms with van der Waals surface area (Å²) in [5.74, 6) is 1.83. The summed E-state index contributed by atoms with van der Waals surface area (Å²) >= 11 is 1.74. The van der Waals surface area contributed by atoms with Crippen LogP contribution < -0.4 is 0 Å². The van der Waals surface area contributed by atoms with Crippen LogP contribution in [-0.2, 0) is 0 Å². The first-order chi connectivity index (χ1) is 4.31. The molecule has 0 saturated carbocycles. The normalized spacial score (nSPS) is 9.56. The van der Waals surface area contributed by atoms with Crippen LogP contribution in [0.3, 0.4) is 0 Å². The van der Waals surface area contributed by atoms with Gasteiger partial charge in [-0.15, -0.1) is 0 Å². The van der Waals surface area contributed by atoms with Crippen molar-refractivity contribution < 1.29 is 5.11 Å². The van der Waals surface area contributed by atoms with E-state index in [2.05, 4.69) is 13.5 Å². The van der Waals surface area contributed by atoms with Gasteiger partial charge in [-0.1, -0.05) is 19.1 Å². The highest BCUT2D eigenvalue weighted by molar-refractivity contribution is 7.99. The van der Waals surface area contributed by atoms with Crippen LogP contribution in [0.4, 0.5) is 0 Å². The van der Waals surface area contributed by atoms with Gasteiger partial charge in [0.05, 0.1) is 6.61 Å². The summed E-state index contributed by atoms with van der Waals surface area (Å²) in [4.78, 5) is 0. The van der Waals surface area contributed by atoms with E-state index >= 15 is 0 Å². The molecule has 0 heterocycles. The summed E-state index contributed by atoms with van der Waals surface area (Å²) in [6.45, 7) is 6.22. The third-order valence-electron chi connectivity index (χ3n) is 1.04. The van der Waals surface area contributed by atoms with Crippen molar-refractivity contribution >= 4 is 11.8 Å². The van der Waals surface area contributed by atoms with Crippen molar-refractivity contribution in [2.75, 3.05) is 18.1 Å². The smallest absolute Gasteiger partial charge is 0.0521 e. The maximum absolute atomic E-state index is 8.40. The van der Waals surface area contributed by atoms with Crippen molar-refractivity contribution in [1.82, 2.24) is 0 Å². The van der Waals surface area contributed by atoms with E-state index in [9.17, 15) is 0 Å². The van der Waals surface area contributed by atoms with Gasteiger partial charge >= 0.3 is 0 Å². The average Bonchev–Trinajstić information content (AvgIpc) is 1.89. The van der Waals surface area contributed by atoms with Crippen molar-refractivity contribution in [1.29, 1.82) is 0 Å². The summed E-state index contributed by atoms with van der Waals surface area (Å²) in [7, 11) is 0. The molecule has 9 heavy (non-hydrogen) atoms. The molecule has 0 bridgehead atoms. The Hall–Kier alpha value is 0.0500. The van der Waals surface area contributed by atoms with E-state index < -0.39 is 0 Å². The van der Waals surface area contributed by atoms with Crippen molar-refractivity contribution in [2.45, 2.75) is 13.3 Å². The highest BCUT2D eigenvalue weighted by Crippen LogP contribution is 2.07. The Morgan fingerprint density at radius 1 is 1.67 bits per heavy atom. The van der Waals surface area contributed by atoms with Gasteiger partial charge < -0.3 is 5.11 Å². The van der Waals surface area contributed by atoms with E-state index in [1.165, 1.54) is 5.57 Å². The van der Waals surface area contributed by atoms with Crippen molar-refractivity contribution in [2.24, 2.45) is 0 Å². The predicted molar refractivity (Wildman–Crippen MR) is 43.8 cm³/mol. The van der Waals surface area contributed by atoms with Crippen LogP contribution >= 0.6 is 11.8 Å². The van der Waals surface area contributed by atoms with E-state index in [1.807, 2.05) is 0 Å². The van der Waals surface area contributed by atoms with E-state index in [0.717, 1.165) is 17.9 Å². The molecule has 0 fully saturated rings. The van der Waals surface area contributed by atoms with Crippen LogP contribution in [0.15, 0.2) is 12.2 Å². The Kier molecular flexibility index (Phi) is 6.21. The second-order valence-electron chi connectivity index (χ2n) is 1.88. The second kappa shape index (κ2) is 6.17. The fourth-order valence-corrected chi connectivity index (χ4v) is 1.15. The Labute approximate surface area is 61.2 Å². The Balaban J connectivity index is 2.97. The topological polar surface area (TPSA) is 20.2 Å². The van der Waals surface area contributed by atoms with Crippen molar-refractivity contribution in [3.8, 4) is 0 Å². The SMILES string of the molecule is C=C(CC)CSCCO. The molecule has 0 amide bonds. The van der Waals surface area contributed by atoms with E-state index in [4.69, 9.17) is 5.11 Å². The third-order valence-corrected chi connectivity index (χ3v) is 2.13. The van der Waals surface area contributed by atoms with Gasteiger partial charge in [0.15, 0.2) is 0 Å². The van der Waals surface area contributed by atoms with Crippen LogP contribution in [0, 0.1) is 0 Å². The molecule has 0 atom stereocenters. The molecule has 0 spiro atoms. The minimum absolute atomic E-state index is 0.279. The lowest BCUT2D eigenvalue weighted by atomic mass is 10.3. The molecule has 1 N–H and O–H groups in total. The number of rotatable bonds is 5. The molecule has 0 unspecified atom stereocenters. The van der Waals surface area contributed by atoms with Crippen LogP contribution in [0.1, 0.15) is 13.3 Å². The first-order valence-corrected chi connectivity index (χ1v) is 4.32. The zero-order valence-corrected chi connectivity index (χ0v) is 6.71. The van der Waals surface area contributed by atoms with Crippen molar-refractivity contribution in [3.05, 3.63) is 12.2 Å². The quantitative estimate of drug-likeness (QED) is 0.470. The zero-order chi connectivity index (χ0) is 7.11. The van der Waals surface area contributed by atoms with Gasteiger partial charge in [0, 0.05) is 11.5 Å². The van der Waals surface area contributed by atoms with E-state index in [1.54, 1.807) is 11.8 Å². The zero-order valence-electron chi connectivity index (χ0n) is 5.89. The molecule has 0 aromatic rings. The maximum Gasteiger partial charge on any atom is 0.0521 e. The first kappa shape index (κ1) is 9.05. The highest BCUT2D eigenvalue weighted by atomic mass is 32.2. The molecule has 0 aliphatic heterocycles. The summed E-state index contributed by atoms with van der Waals surface area (Å²) in [5, 5.41) is 8.40. The summed E-state index contributed by atoms with van der Waals surface area (Å²) in [6.07, 6.45) is 1.05. The van der Waals surface area contributed by atoms with Gasteiger partial charge in [-0.25, -0.2) is 0 Å². The highest BCUT2D eigenvalue weighted by Gasteiger charge is 1.89. The molecule has 0 aromatic carbocycles. The standard InChI is InChI=1S/C7H14OS/c1-3-7(2)6-9-5-4-8/h8H,2-6H2,1H3. The Bertz CT molecular complexity index is 81.0. The molecular formula is C7H14OS. The first-order valence-electron chi connectivity index (χ1n) is 3.16. The van der Waals surface area contributed by atoms with Gasteiger partial charge in [0.25, 0.3) is 0 Å². The van der Waals surface area contributed by atoms with Crippen LogP contribution in [-0.4, -0.2) is 23.2 Å². The predicted octanol–water partition coefficient (Wildman–Crippen LogP) is 1.68. The molecule has 2 heteroatoms. The van der Waals surface area contributed by atoms with E-state index in [-0.39, 0.29) is 6.61 Å². The maximum atomic E-state index is 8.40. The van der Waals surface area contributed by atoms with E-state index in [0.29, 0.717) is 0 Å². The van der Waals surface area contributed by atoms with Crippen LogP contribution in [0.25, 0.3) is 0 Å². The fraction of sp³-hybridized carbons (Fsp3) is 0.714. The molecule has 0 rings (SSSR count). The largest absolute Gasteiger partial charge is 0.396 e. The minimum Gasteiger partial charge on any atom is -0.396 e. The second-order valence-corrected chi connectivity index (χ2v) is 2.98. The number of aliphatic hydroxyl groups is 1. The molecule has 0 aromatic heterocycles. The summed E-state index contributed by atoms with van der Waals surface area (Å²) in [5.41, 5.74) is 1.26. The fourth-order valence-electron chi connectivity index (χ4n) is 0.383. The molecule has 0 saturated heterocycles. The molecule has 1 nitrogen and oxygen atoms in total. The third kappa shape index (κ3) is 5.93. The molecule has 0 aliphatic rings. The monoisotopic (exact) mass is 146 g/mol. The van der Waals surface area contributed by atoms with Crippen LogP contribution in [0.5, 0.6) is 0 Å². The molecule has 54 valence electrons.